The number of hydrogen-bond acceptors (Lipinski definition) is 1. The third-order valence-electron chi connectivity index (χ3n) is 3.70. The molecule has 0 fully saturated rings. The Balaban J connectivity index is 0.00000133. The molecule has 0 spiro atoms. The summed E-state index contributed by atoms with van der Waals surface area (Å²) in [5.74, 6) is 0. The normalized spacial score (nSPS) is 11.8. The van der Waals surface area contributed by atoms with Gasteiger partial charge in [0.1, 0.15) is 0 Å². The molecule has 0 saturated carbocycles. The van der Waals surface area contributed by atoms with Crippen LogP contribution in [0.3, 0.4) is 0 Å². The van der Waals surface area contributed by atoms with Gasteiger partial charge in [-0.15, -0.1) is 0 Å². The first-order chi connectivity index (χ1) is 8.79. The number of nitrogens with zero attached hydrogens (tertiary/aromatic N) is 1. The summed E-state index contributed by atoms with van der Waals surface area (Å²) >= 11 is 0. The van der Waals surface area contributed by atoms with Gasteiger partial charge >= 0.3 is 0 Å². The molecule has 3 radical (unpaired) electrons. The van der Waals surface area contributed by atoms with Crippen LogP contribution < -0.4 is 4.90 Å². The van der Waals surface area contributed by atoms with Crippen LogP contribution in [0.1, 0.15) is 23.6 Å². The fraction of sp³-hybridized carbons (Fsp3) is 0.235. The molecule has 101 valence electrons. The minimum atomic E-state index is 0. The Morgan fingerprint density at radius 3 is 2.24 bits per heavy atom. The summed E-state index contributed by atoms with van der Waals surface area (Å²) in [6, 6.07) is 15.3. The van der Waals surface area contributed by atoms with Crippen LogP contribution in [-0.2, 0) is 111 Å². The van der Waals surface area contributed by atoms with E-state index in [2.05, 4.69) is 61.2 Å². The van der Waals surface area contributed by atoms with Gasteiger partial charge in [0.2, 0.25) is 0 Å². The molecule has 0 aliphatic carbocycles. The van der Waals surface area contributed by atoms with Crippen LogP contribution in [0.4, 0.5) is 11.4 Å². The third-order valence-corrected chi connectivity index (χ3v) is 3.70. The summed E-state index contributed by atoms with van der Waals surface area (Å²) in [4.78, 5) is 2.41. The van der Waals surface area contributed by atoms with Crippen molar-refractivity contribution in [2.75, 3.05) is 11.4 Å². The first-order valence-electron chi connectivity index (χ1n) is 6.60. The van der Waals surface area contributed by atoms with Crippen molar-refractivity contribution in [3.8, 4) is 0 Å². The van der Waals surface area contributed by atoms with E-state index in [9.17, 15) is 0 Å². The Kier molecular flexibility index (Phi) is 11.0. The number of aryl methyl sites for hydroxylation is 2. The predicted molar refractivity (Wildman–Crippen MR) is 77.4 cm³/mol. The van der Waals surface area contributed by atoms with E-state index >= 15 is 0 Å². The van der Waals surface area contributed by atoms with E-state index < -0.39 is 0 Å². The molecule has 0 unspecified atom stereocenters. The number of hydrogen-bond donors (Lipinski definition) is 0. The molecule has 0 atom stereocenters. The van der Waals surface area contributed by atoms with E-state index in [-0.39, 0.29) is 98.1 Å². The quantitative estimate of drug-likeness (QED) is 0.530. The van der Waals surface area contributed by atoms with Gasteiger partial charge in [-0.25, -0.2) is 0 Å². The van der Waals surface area contributed by atoms with Crippen LogP contribution in [-0.4, -0.2) is 6.54 Å². The minimum absolute atomic E-state index is 0. The zero-order valence-corrected chi connectivity index (χ0v) is 21.1. The van der Waals surface area contributed by atoms with Gasteiger partial charge < -0.3 is 4.90 Å². The van der Waals surface area contributed by atoms with Crippen molar-refractivity contribution in [1.29, 1.82) is 0 Å². The molecule has 0 amide bonds. The molecule has 2 aromatic rings. The molecule has 1 heterocycles. The van der Waals surface area contributed by atoms with Gasteiger partial charge in [-0.1, -0.05) is 29.8 Å². The molecule has 1 aliphatic rings. The van der Waals surface area contributed by atoms with Gasteiger partial charge in [-0.2, -0.15) is 24.6 Å². The first kappa shape index (κ1) is 22.4. The summed E-state index contributed by atoms with van der Waals surface area (Å²) in [6.07, 6.45) is 2.22. The zero-order chi connectivity index (χ0) is 12.5. The molecule has 4 heteroatoms. The van der Waals surface area contributed by atoms with Crippen molar-refractivity contribution in [1.82, 2.24) is 0 Å². The molecule has 0 aromatic heterocycles. The van der Waals surface area contributed by atoms with Crippen LogP contribution in [0.25, 0.3) is 0 Å². The van der Waals surface area contributed by atoms with Crippen LogP contribution in [0.2, 0.25) is 0 Å². The van der Waals surface area contributed by atoms with Crippen molar-refractivity contribution < 1.29 is 98.1 Å². The molecule has 21 heavy (non-hydrogen) atoms. The smallest absolute Gasteiger partial charge is 0.0442 e. The average molecular weight is 503 g/mol. The zero-order valence-electron chi connectivity index (χ0n) is 12.5. The molecule has 3 rings (SSSR count). The van der Waals surface area contributed by atoms with Crippen molar-refractivity contribution in [2.24, 2.45) is 0 Å². The second-order valence-electron chi connectivity index (χ2n) is 4.84. The Morgan fingerprint density at radius 2 is 1.52 bits per heavy atom. The second-order valence-corrected chi connectivity index (χ2v) is 4.84. The Bertz CT molecular complexity index is 584. The molecule has 0 bridgehead atoms. The van der Waals surface area contributed by atoms with Gasteiger partial charge in [0.25, 0.3) is 0 Å². The summed E-state index contributed by atoms with van der Waals surface area (Å²) < 4.78 is 0. The number of fused-ring (bicyclic) bond motifs is 2. The SMILES string of the molecule is [CH2-]c1ccc2c(c1)CCc1ccccc1N2CC.[Y].[Y].[Y]. The van der Waals surface area contributed by atoms with E-state index in [0.717, 1.165) is 24.9 Å². The van der Waals surface area contributed by atoms with Crippen molar-refractivity contribution in [3.63, 3.8) is 0 Å². The topological polar surface area (TPSA) is 3.24 Å². The van der Waals surface area contributed by atoms with Gasteiger partial charge in [-0.05, 0) is 31.4 Å². The molecular weight excluding hydrogens is 485 g/mol. The maximum Gasteiger partial charge on any atom is 0.0442 e. The average Bonchev–Trinajstić information content (AvgIpc) is 2.55. The van der Waals surface area contributed by atoms with Crippen LogP contribution in [0.15, 0.2) is 42.5 Å². The molecular formula is C17H18NY3-. The summed E-state index contributed by atoms with van der Waals surface area (Å²) in [5.41, 5.74) is 6.67. The van der Waals surface area contributed by atoms with Gasteiger partial charge in [0.05, 0.1) is 0 Å². The molecule has 0 N–H and O–H groups in total. The van der Waals surface area contributed by atoms with Gasteiger partial charge in [-0.3, -0.25) is 0 Å². The van der Waals surface area contributed by atoms with Crippen LogP contribution in [0, 0.1) is 6.92 Å². The summed E-state index contributed by atoms with van der Waals surface area (Å²) in [7, 11) is 0. The van der Waals surface area contributed by atoms with Gasteiger partial charge in [0, 0.05) is 116 Å². The fourth-order valence-electron chi connectivity index (χ4n) is 2.83. The van der Waals surface area contributed by atoms with Crippen molar-refractivity contribution >= 4 is 11.4 Å². The standard InChI is InChI=1S/C17H18N.3Y/c1-3-18-16-7-5-4-6-14(16)9-10-15-12-13(2)8-11-17(15)18;;;/h4-8,11-12H,2-3,9-10H2,1H3;;;/q-1;;;. The largest absolute Gasteiger partial charge is 0.343 e. The maximum atomic E-state index is 4.04. The molecule has 2 aromatic carbocycles. The van der Waals surface area contributed by atoms with E-state index in [1.54, 1.807) is 0 Å². The summed E-state index contributed by atoms with van der Waals surface area (Å²) in [5, 5.41) is 0. The van der Waals surface area contributed by atoms with E-state index in [0.29, 0.717) is 0 Å². The Labute approximate surface area is 203 Å². The van der Waals surface area contributed by atoms with Crippen LogP contribution >= 0.6 is 0 Å². The predicted octanol–water partition coefficient (Wildman–Crippen LogP) is 4.12. The molecule has 1 aliphatic heterocycles. The molecule has 0 saturated heterocycles. The minimum Gasteiger partial charge on any atom is -0.343 e. The van der Waals surface area contributed by atoms with Crippen LogP contribution in [0.5, 0.6) is 0 Å². The number of rotatable bonds is 1. The first-order valence-corrected chi connectivity index (χ1v) is 6.60. The Hall–Kier alpha value is 1.42. The maximum absolute atomic E-state index is 4.04. The number of anilines is 2. The fourth-order valence-corrected chi connectivity index (χ4v) is 2.83. The molecule has 1 nitrogen and oxygen atoms in total. The van der Waals surface area contributed by atoms with E-state index in [1.165, 1.54) is 22.5 Å². The van der Waals surface area contributed by atoms with Crippen molar-refractivity contribution in [3.05, 3.63) is 66.1 Å². The Morgan fingerprint density at radius 1 is 0.905 bits per heavy atom. The van der Waals surface area contributed by atoms with Gasteiger partial charge in [0.15, 0.2) is 0 Å². The van der Waals surface area contributed by atoms with E-state index in [1.807, 2.05) is 0 Å². The monoisotopic (exact) mass is 503 g/mol. The number of para-hydroxylation sites is 1. The van der Waals surface area contributed by atoms with E-state index in [4.69, 9.17) is 0 Å². The summed E-state index contributed by atoms with van der Waals surface area (Å²) in [6.45, 7) is 7.25. The second kappa shape index (κ2) is 10.3. The number of benzene rings is 2. The van der Waals surface area contributed by atoms with Crippen molar-refractivity contribution in [2.45, 2.75) is 19.8 Å². The third kappa shape index (κ3) is 4.95.